The number of nitrogens with zero attached hydrogens (tertiary/aromatic N) is 2. The highest BCUT2D eigenvalue weighted by Gasteiger charge is 2.50. The van der Waals surface area contributed by atoms with E-state index < -0.39 is 43.7 Å². The highest BCUT2D eigenvalue weighted by molar-refractivity contribution is 7.44. The molecule has 0 saturated carbocycles. The molecular weight excluding hydrogens is 975 g/mol. The standard InChI is InChI=1S/C50H66Cl4N3O10P/c1-29(2)57(30(3)4)68(64-23-17-20-55)63-22-16-14-13-15-21-56-40(59)19-18-33-25-35-45(41(54)44(33)67-47(61)49(10,11)12)65-42-32(6)43(66-46(60)48(7,8)9)39(53)27-36(42)50(35,62-28-58)34-26-38(52)37(51)24-31(34)5/h24-27,29-30,58H,13-19,21-23,28H2,1-12H3,(H,56,59). The number of benzene rings is 3. The van der Waals surface area contributed by atoms with Crippen LogP contribution in [0.1, 0.15) is 141 Å². The smallest absolute Gasteiger partial charge is 0.316 e. The first kappa shape index (κ1) is 57.3. The molecule has 68 heavy (non-hydrogen) atoms. The molecule has 13 nitrogen and oxygen atoms in total. The van der Waals surface area contributed by atoms with Gasteiger partial charge in [0.05, 0.1) is 51.6 Å². The van der Waals surface area contributed by atoms with E-state index in [9.17, 15) is 19.5 Å². The van der Waals surface area contributed by atoms with Crippen LogP contribution >= 0.6 is 54.9 Å². The van der Waals surface area contributed by atoms with Crippen LogP contribution < -0.4 is 19.5 Å². The van der Waals surface area contributed by atoms with Gasteiger partial charge in [-0.15, -0.1) is 0 Å². The van der Waals surface area contributed by atoms with E-state index in [0.29, 0.717) is 54.0 Å². The molecule has 2 N–H and O–H groups in total. The average Bonchev–Trinajstić information content (AvgIpc) is 3.24. The summed E-state index contributed by atoms with van der Waals surface area (Å²) in [6.45, 7) is 22.5. The number of carbonyl (C=O) groups is 3. The maximum absolute atomic E-state index is 13.6. The van der Waals surface area contributed by atoms with Crippen LogP contribution in [0.2, 0.25) is 20.1 Å². The van der Waals surface area contributed by atoms with Crippen molar-refractivity contribution in [2.75, 3.05) is 26.6 Å². The summed E-state index contributed by atoms with van der Waals surface area (Å²) in [5.41, 5.74) is -1.31. The van der Waals surface area contributed by atoms with Gasteiger partial charge in [0.15, 0.2) is 22.8 Å². The fourth-order valence-electron chi connectivity index (χ4n) is 7.57. The number of carbonyl (C=O) groups excluding carboxylic acids is 3. The predicted molar refractivity (Wildman–Crippen MR) is 268 cm³/mol. The Hall–Kier alpha value is -3.25. The molecule has 374 valence electrons. The normalized spacial score (nSPS) is 15.2. The molecule has 0 aromatic heterocycles. The van der Waals surface area contributed by atoms with E-state index in [2.05, 4.69) is 43.8 Å². The highest BCUT2D eigenvalue weighted by Crippen LogP contribution is 2.60. The van der Waals surface area contributed by atoms with E-state index in [1.54, 1.807) is 73.6 Å². The summed E-state index contributed by atoms with van der Waals surface area (Å²) in [4.78, 5) is 40.3. The van der Waals surface area contributed by atoms with Crippen LogP contribution in [0.3, 0.4) is 0 Å². The van der Waals surface area contributed by atoms with Crippen LogP contribution in [0.4, 0.5) is 0 Å². The molecule has 18 heteroatoms. The summed E-state index contributed by atoms with van der Waals surface area (Å²) in [7, 11) is -1.30. The molecular formula is C50H66Cl4N3O10P. The van der Waals surface area contributed by atoms with E-state index in [0.717, 1.165) is 25.7 Å². The second kappa shape index (κ2) is 24.7. The summed E-state index contributed by atoms with van der Waals surface area (Å²) in [5, 5.41) is 23.2. The van der Waals surface area contributed by atoms with Crippen LogP contribution in [0, 0.1) is 36.0 Å². The molecule has 3 aromatic carbocycles. The lowest BCUT2D eigenvalue weighted by atomic mass is 9.75. The van der Waals surface area contributed by atoms with Gasteiger partial charge in [-0.05, 0) is 143 Å². The monoisotopic (exact) mass is 1040 g/mol. The van der Waals surface area contributed by atoms with Crippen molar-refractivity contribution in [3.05, 3.63) is 77.7 Å². The summed E-state index contributed by atoms with van der Waals surface area (Å²) in [6, 6.07) is 9.04. The van der Waals surface area contributed by atoms with E-state index in [1.807, 2.05) is 0 Å². The lowest BCUT2D eigenvalue weighted by molar-refractivity contribution is -0.143. The summed E-state index contributed by atoms with van der Waals surface area (Å²) < 4.78 is 39.5. The van der Waals surface area contributed by atoms with Gasteiger partial charge in [-0.2, -0.15) is 5.26 Å². The molecule has 0 aliphatic carbocycles. The van der Waals surface area contributed by atoms with Gasteiger partial charge in [0.25, 0.3) is 8.53 Å². The van der Waals surface area contributed by atoms with E-state index in [-0.39, 0.29) is 79.5 Å². The number of aliphatic hydroxyl groups is 1. The topological polar surface area (TPSA) is 166 Å². The molecule has 3 aromatic rings. The van der Waals surface area contributed by atoms with Gasteiger partial charge in [-0.3, -0.25) is 14.4 Å². The number of hydrogen-bond donors (Lipinski definition) is 2. The first-order chi connectivity index (χ1) is 31.8. The van der Waals surface area contributed by atoms with Gasteiger partial charge in [-0.25, -0.2) is 4.67 Å². The first-order valence-electron chi connectivity index (χ1n) is 22.8. The van der Waals surface area contributed by atoms with Crippen molar-refractivity contribution in [3.63, 3.8) is 0 Å². The van der Waals surface area contributed by atoms with Crippen molar-refractivity contribution in [1.29, 1.82) is 5.26 Å². The number of hydrogen-bond acceptors (Lipinski definition) is 12. The van der Waals surface area contributed by atoms with Gasteiger partial charge in [-0.1, -0.05) is 59.2 Å². The van der Waals surface area contributed by atoms with Crippen LogP contribution in [-0.4, -0.2) is 66.3 Å². The number of esters is 2. The molecule has 1 heterocycles. The Morgan fingerprint density at radius 3 is 1.94 bits per heavy atom. The zero-order valence-electron chi connectivity index (χ0n) is 41.2. The summed E-state index contributed by atoms with van der Waals surface area (Å²) in [6.07, 6.45) is 3.64. The molecule has 4 rings (SSSR count). The molecule has 0 saturated heterocycles. The van der Waals surface area contributed by atoms with Crippen molar-refractivity contribution in [1.82, 2.24) is 9.99 Å². The minimum Gasteiger partial charge on any atom is -0.454 e. The predicted octanol–water partition coefficient (Wildman–Crippen LogP) is 13.1. The molecule has 1 amide bonds. The third-order valence-corrected chi connectivity index (χ3v) is 14.5. The van der Waals surface area contributed by atoms with Crippen molar-refractivity contribution in [2.24, 2.45) is 10.8 Å². The first-order valence-corrected chi connectivity index (χ1v) is 25.5. The fourth-order valence-corrected chi connectivity index (χ4v) is 10.2. The van der Waals surface area contributed by atoms with Gasteiger partial charge >= 0.3 is 11.9 Å². The van der Waals surface area contributed by atoms with Crippen molar-refractivity contribution < 1.29 is 47.5 Å². The number of aryl methyl sites for hydroxylation is 2. The Bertz CT molecular complexity index is 2340. The number of aliphatic hydroxyl groups excluding tert-OH is 1. The van der Waals surface area contributed by atoms with Gasteiger partial charge < -0.3 is 38.4 Å². The number of ether oxygens (including phenoxy) is 4. The van der Waals surface area contributed by atoms with Crippen LogP contribution in [-0.2, 0) is 40.2 Å². The zero-order valence-corrected chi connectivity index (χ0v) is 45.1. The molecule has 0 spiro atoms. The van der Waals surface area contributed by atoms with Crippen molar-refractivity contribution in [2.45, 2.75) is 146 Å². The SMILES string of the molecule is Cc1cc(Cl)c(Cl)cc1C1(OCO)c2cc(Cl)c(OC(=O)C(C)(C)C)c(C)c2Oc2c1cc(CCC(=O)NCCCCCCOP(OCCC#N)N(C(C)C)C(C)C)c(OC(=O)C(C)(C)C)c2Cl. The quantitative estimate of drug-likeness (QED) is 0.0322. The average molecular weight is 1040 g/mol. The number of amides is 1. The Balaban J connectivity index is 1.67. The molecule has 0 bridgehead atoms. The fraction of sp³-hybridized carbons (Fsp3) is 0.560. The van der Waals surface area contributed by atoms with Gasteiger partial charge in [0.1, 0.15) is 17.6 Å². The van der Waals surface area contributed by atoms with E-state index in [4.69, 9.17) is 79.7 Å². The van der Waals surface area contributed by atoms with Crippen molar-refractivity contribution >= 4 is 72.8 Å². The maximum Gasteiger partial charge on any atom is 0.316 e. The number of unbranched alkanes of at least 4 members (excludes halogenated alkanes) is 3. The van der Waals surface area contributed by atoms with Crippen LogP contribution in [0.5, 0.6) is 23.0 Å². The van der Waals surface area contributed by atoms with Crippen LogP contribution in [0.25, 0.3) is 0 Å². The summed E-state index contributed by atoms with van der Waals surface area (Å²) >= 11 is 27.5. The number of halogens is 4. The highest BCUT2D eigenvalue weighted by atomic mass is 35.5. The number of nitrogens with one attached hydrogen (secondary N) is 1. The van der Waals surface area contributed by atoms with Gasteiger partial charge in [0, 0.05) is 41.7 Å². The summed E-state index contributed by atoms with van der Waals surface area (Å²) in [5.74, 6) is -1.22. The Labute approximate surface area is 423 Å². The Morgan fingerprint density at radius 1 is 0.794 bits per heavy atom. The largest absolute Gasteiger partial charge is 0.454 e. The molecule has 2 unspecified atom stereocenters. The molecule has 0 radical (unpaired) electrons. The Morgan fingerprint density at radius 2 is 1.35 bits per heavy atom. The number of fused-ring (bicyclic) bond motifs is 2. The maximum atomic E-state index is 13.6. The molecule has 1 aliphatic heterocycles. The van der Waals surface area contributed by atoms with Crippen LogP contribution in [0.15, 0.2) is 24.3 Å². The lowest BCUT2D eigenvalue weighted by Gasteiger charge is -2.42. The Kier molecular flexibility index (Phi) is 20.8. The second-order valence-electron chi connectivity index (χ2n) is 19.3. The minimum absolute atomic E-state index is 0.00669. The second-order valence-corrected chi connectivity index (χ2v) is 22.4. The third kappa shape index (κ3) is 13.8. The van der Waals surface area contributed by atoms with Crippen molar-refractivity contribution in [3.8, 4) is 29.1 Å². The molecule has 0 fully saturated rings. The number of rotatable bonds is 22. The van der Waals surface area contributed by atoms with E-state index in [1.165, 1.54) is 6.07 Å². The molecule has 1 aliphatic rings. The lowest BCUT2D eigenvalue weighted by Crippen LogP contribution is -2.38. The minimum atomic E-state index is -1.77. The zero-order chi connectivity index (χ0) is 50.9. The third-order valence-electron chi connectivity index (χ3n) is 11.1. The number of nitriles is 1. The molecule has 2 atom stereocenters. The van der Waals surface area contributed by atoms with Gasteiger partial charge in [0.2, 0.25) is 5.91 Å². The van der Waals surface area contributed by atoms with E-state index >= 15 is 0 Å².